The number of nitrogens with one attached hydrogen (secondary N) is 3. The number of likely N-dealkylation sites (tertiary alicyclic amines) is 1. The lowest BCUT2D eigenvalue weighted by atomic mass is 9.89. The standard InChI is InChI=1S/C17H28N6O2/c1-11(2)23-10-12(8-14(23)24)9-18-17(25)20-16-19-15(21-22-16)13-6-4-3-5-7-13/h11-13H,3-10H2,1-2H3,(H3,18,19,20,21,22,25). The maximum atomic E-state index is 12.0. The molecule has 3 rings (SSSR count). The Hall–Kier alpha value is -2.12. The van der Waals surface area contributed by atoms with E-state index in [2.05, 4.69) is 25.8 Å². The summed E-state index contributed by atoms with van der Waals surface area (Å²) in [4.78, 5) is 30.2. The van der Waals surface area contributed by atoms with Crippen molar-refractivity contribution in [3.8, 4) is 0 Å². The van der Waals surface area contributed by atoms with Crippen LogP contribution < -0.4 is 10.6 Å². The Morgan fingerprint density at radius 1 is 1.32 bits per heavy atom. The Morgan fingerprint density at radius 2 is 2.08 bits per heavy atom. The molecule has 8 nitrogen and oxygen atoms in total. The fourth-order valence-corrected chi connectivity index (χ4v) is 3.72. The van der Waals surface area contributed by atoms with E-state index < -0.39 is 0 Å². The van der Waals surface area contributed by atoms with Crippen molar-refractivity contribution in [1.29, 1.82) is 0 Å². The molecule has 1 atom stereocenters. The first-order valence-corrected chi connectivity index (χ1v) is 9.29. The topological polar surface area (TPSA) is 103 Å². The quantitative estimate of drug-likeness (QED) is 0.759. The normalized spacial score (nSPS) is 21.8. The molecule has 2 aliphatic rings. The second-order valence-electron chi connectivity index (χ2n) is 7.42. The predicted molar refractivity (Wildman–Crippen MR) is 94.2 cm³/mol. The maximum absolute atomic E-state index is 12.0. The number of aromatic nitrogens is 3. The first-order chi connectivity index (χ1) is 12.0. The molecule has 1 unspecified atom stereocenters. The number of rotatable bonds is 5. The minimum Gasteiger partial charge on any atom is -0.340 e. The Bertz CT molecular complexity index is 608. The number of amides is 3. The van der Waals surface area contributed by atoms with Gasteiger partial charge in [0, 0.05) is 37.4 Å². The molecule has 3 amide bonds. The fraction of sp³-hybridized carbons (Fsp3) is 0.765. The van der Waals surface area contributed by atoms with Gasteiger partial charge >= 0.3 is 6.03 Å². The van der Waals surface area contributed by atoms with Gasteiger partial charge in [-0.1, -0.05) is 19.3 Å². The van der Waals surface area contributed by atoms with E-state index in [1.54, 1.807) is 0 Å². The Kier molecular flexibility index (Phi) is 5.55. The molecule has 0 bridgehead atoms. The molecular weight excluding hydrogens is 320 g/mol. The van der Waals surface area contributed by atoms with Crippen LogP contribution in [0.5, 0.6) is 0 Å². The Morgan fingerprint density at radius 3 is 2.76 bits per heavy atom. The molecular formula is C17H28N6O2. The maximum Gasteiger partial charge on any atom is 0.321 e. The lowest BCUT2D eigenvalue weighted by molar-refractivity contribution is -0.129. The summed E-state index contributed by atoms with van der Waals surface area (Å²) < 4.78 is 0. The van der Waals surface area contributed by atoms with Gasteiger partial charge in [-0.15, -0.1) is 5.10 Å². The SMILES string of the molecule is CC(C)N1CC(CNC(=O)Nc2n[nH]c(C3CCCCC3)n2)CC1=O. The van der Waals surface area contributed by atoms with E-state index >= 15 is 0 Å². The molecule has 8 heteroatoms. The lowest BCUT2D eigenvalue weighted by Gasteiger charge is -2.21. The molecule has 1 aliphatic carbocycles. The molecule has 1 saturated heterocycles. The molecule has 25 heavy (non-hydrogen) atoms. The molecule has 2 fully saturated rings. The number of anilines is 1. The van der Waals surface area contributed by atoms with Gasteiger partial charge in [0.2, 0.25) is 11.9 Å². The molecule has 2 heterocycles. The summed E-state index contributed by atoms with van der Waals surface area (Å²) in [6.45, 7) is 5.19. The molecule has 1 aromatic heterocycles. The molecule has 0 radical (unpaired) electrons. The van der Waals surface area contributed by atoms with Gasteiger partial charge in [0.25, 0.3) is 0 Å². The van der Waals surface area contributed by atoms with Crippen LogP contribution in [-0.2, 0) is 4.79 Å². The number of aromatic amines is 1. The van der Waals surface area contributed by atoms with Crippen LogP contribution in [0.4, 0.5) is 10.7 Å². The van der Waals surface area contributed by atoms with E-state index in [0.717, 1.165) is 18.7 Å². The molecule has 138 valence electrons. The van der Waals surface area contributed by atoms with Crippen molar-refractivity contribution in [2.24, 2.45) is 5.92 Å². The van der Waals surface area contributed by atoms with E-state index in [1.165, 1.54) is 19.3 Å². The first-order valence-electron chi connectivity index (χ1n) is 9.29. The van der Waals surface area contributed by atoms with Gasteiger partial charge in [-0.2, -0.15) is 4.98 Å². The van der Waals surface area contributed by atoms with Crippen molar-refractivity contribution in [3.05, 3.63) is 5.82 Å². The number of hydrogen-bond acceptors (Lipinski definition) is 4. The number of hydrogen-bond donors (Lipinski definition) is 3. The average Bonchev–Trinajstić information content (AvgIpc) is 3.20. The molecule has 3 N–H and O–H groups in total. The average molecular weight is 348 g/mol. The lowest BCUT2D eigenvalue weighted by Crippen LogP contribution is -2.36. The summed E-state index contributed by atoms with van der Waals surface area (Å²) in [7, 11) is 0. The predicted octanol–water partition coefficient (Wildman–Crippen LogP) is 2.23. The van der Waals surface area contributed by atoms with Crippen LogP contribution in [0.2, 0.25) is 0 Å². The van der Waals surface area contributed by atoms with Crippen molar-refractivity contribution < 1.29 is 9.59 Å². The zero-order chi connectivity index (χ0) is 17.8. The van der Waals surface area contributed by atoms with Crippen LogP contribution in [-0.4, -0.2) is 51.2 Å². The monoisotopic (exact) mass is 348 g/mol. The molecule has 1 saturated carbocycles. The van der Waals surface area contributed by atoms with E-state index in [9.17, 15) is 9.59 Å². The summed E-state index contributed by atoms with van der Waals surface area (Å²) in [5.74, 6) is 1.92. The number of carbonyl (C=O) groups excluding carboxylic acids is 2. The van der Waals surface area contributed by atoms with Crippen LogP contribution in [0.1, 0.15) is 64.1 Å². The third-order valence-electron chi connectivity index (χ3n) is 5.13. The number of H-pyrrole nitrogens is 1. The zero-order valence-electron chi connectivity index (χ0n) is 15.0. The van der Waals surface area contributed by atoms with Gasteiger partial charge in [-0.05, 0) is 26.7 Å². The summed E-state index contributed by atoms with van der Waals surface area (Å²) in [5, 5.41) is 12.5. The van der Waals surface area contributed by atoms with Crippen LogP contribution in [0.15, 0.2) is 0 Å². The van der Waals surface area contributed by atoms with Gasteiger partial charge < -0.3 is 10.2 Å². The summed E-state index contributed by atoms with van der Waals surface area (Å²) in [6, 6.07) is -0.123. The molecule has 1 aliphatic heterocycles. The molecule has 0 aromatic carbocycles. The van der Waals surface area contributed by atoms with Crippen molar-refractivity contribution in [3.63, 3.8) is 0 Å². The van der Waals surface area contributed by atoms with Gasteiger partial charge in [0.1, 0.15) is 5.82 Å². The van der Waals surface area contributed by atoms with Crippen molar-refractivity contribution in [2.75, 3.05) is 18.4 Å². The van der Waals surface area contributed by atoms with Crippen molar-refractivity contribution in [1.82, 2.24) is 25.4 Å². The highest BCUT2D eigenvalue weighted by Gasteiger charge is 2.31. The van der Waals surface area contributed by atoms with Crippen molar-refractivity contribution in [2.45, 2.75) is 64.3 Å². The minimum atomic E-state index is -0.329. The third kappa shape index (κ3) is 4.49. The molecule has 1 aromatic rings. The summed E-state index contributed by atoms with van der Waals surface area (Å²) >= 11 is 0. The van der Waals surface area contributed by atoms with E-state index in [4.69, 9.17) is 0 Å². The zero-order valence-corrected chi connectivity index (χ0v) is 15.0. The molecule has 0 spiro atoms. The van der Waals surface area contributed by atoms with Crippen LogP contribution >= 0.6 is 0 Å². The minimum absolute atomic E-state index is 0.158. The van der Waals surface area contributed by atoms with E-state index in [-0.39, 0.29) is 23.9 Å². The van der Waals surface area contributed by atoms with E-state index in [1.807, 2.05) is 18.7 Å². The van der Waals surface area contributed by atoms with Crippen LogP contribution in [0, 0.1) is 5.92 Å². The Labute approximate surface area is 148 Å². The van der Waals surface area contributed by atoms with Gasteiger partial charge in [0.05, 0.1) is 0 Å². The van der Waals surface area contributed by atoms with Crippen LogP contribution in [0.25, 0.3) is 0 Å². The smallest absolute Gasteiger partial charge is 0.321 e. The Balaban J connectivity index is 1.44. The van der Waals surface area contributed by atoms with Gasteiger partial charge in [-0.3, -0.25) is 15.2 Å². The third-order valence-corrected chi connectivity index (χ3v) is 5.13. The van der Waals surface area contributed by atoms with Crippen molar-refractivity contribution >= 4 is 17.9 Å². The second-order valence-corrected chi connectivity index (χ2v) is 7.42. The first kappa shape index (κ1) is 17.7. The highest BCUT2D eigenvalue weighted by molar-refractivity contribution is 5.87. The largest absolute Gasteiger partial charge is 0.340 e. The van der Waals surface area contributed by atoms with Crippen LogP contribution in [0.3, 0.4) is 0 Å². The van der Waals surface area contributed by atoms with E-state index in [0.29, 0.717) is 31.4 Å². The second kappa shape index (κ2) is 7.84. The number of nitrogens with zero attached hydrogens (tertiary/aromatic N) is 3. The number of urea groups is 1. The highest BCUT2D eigenvalue weighted by Crippen LogP contribution is 2.30. The highest BCUT2D eigenvalue weighted by atomic mass is 16.2. The fourth-order valence-electron chi connectivity index (χ4n) is 3.72. The van der Waals surface area contributed by atoms with Gasteiger partial charge in [-0.25, -0.2) is 4.79 Å². The van der Waals surface area contributed by atoms with Gasteiger partial charge in [0.15, 0.2) is 0 Å². The summed E-state index contributed by atoms with van der Waals surface area (Å²) in [6.07, 6.45) is 6.48. The summed E-state index contributed by atoms with van der Waals surface area (Å²) in [5.41, 5.74) is 0. The number of carbonyl (C=O) groups is 2.